The van der Waals surface area contributed by atoms with E-state index in [1.807, 2.05) is 0 Å². The molecule has 0 amide bonds. The molecule has 2 aliphatic carbocycles. The van der Waals surface area contributed by atoms with Crippen molar-refractivity contribution >= 4 is 0 Å². The summed E-state index contributed by atoms with van der Waals surface area (Å²) < 4.78 is 5.81. The number of benzene rings is 1. The Hall–Kier alpha value is -1.02. The van der Waals surface area contributed by atoms with Gasteiger partial charge in [-0.05, 0) is 49.3 Å². The molecular weight excluding hydrogens is 234 g/mol. The zero-order chi connectivity index (χ0) is 13.1. The molecular formula is C17H25NO. The standard InChI is InChI=1S/C17H25NO/c18-13-17(10-2-1-3-11-17)15-6-8-16(9-7-15)19-12-14-4-5-14/h6-9,14H,1-5,10-13,18H2. The average molecular weight is 259 g/mol. The molecule has 0 bridgehead atoms. The molecule has 1 aromatic carbocycles. The van der Waals surface area contributed by atoms with Crippen molar-refractivity contribution in [3.05, 3.63) is 29.8 Å². The SMILES string of the molecule is NCC1(c2ccc(OCC3CC3)cc2)CCCCC1. The van der Waals surface area contributed by atoms with Crippen LogP contribution in [0.5, 0.6) is 5.75 Å². The van der Waals surface area contributed by atoms with Crippen LogP contribution in [0.25, 0.3) is 0 Å². The van der Waals surface area contributed by atoms with Gasteiger partial charge in [-0.2, -0.15) is 0 Å². The Morgan fingerprint density at radius 3 is 2.32 bits per heavy atom. The first-order valence-electron chi connectivity index (χ1n) is 7.76. The van der Waals surface area contributed by atoms with Crippen molar-refractivity contribution in [1.82, 2.24) is 0 Å². The first kappa shape index (κ1) is 13.0. The molecule has 1 aromatic rings. The van der Waals surface area contributed by atoms with E-state index in [-0.39, 0.29) is 5.41 Å². The van der Waals surface area contributed by atoms with Gasteiger partial charge in [-0.25, -0.2) is 0 Å². The second-order valence-electron chi connectivity index (χ2n) is 6.32. The Balaban J connectivity index is 1.68. The lowest BCUT2D eigenvalue weighted by Crippen LogP contribution is -2.37. The zero-order valence-corrected chi connectivity index (χ0v) is 11.7. The van der Waals surface area contributed by atoms with E-state index >= 15 is 0 Å². The molecule has 2 fully saturated rings. The van der Waals surface area contributed by atoms with E-state index in [1.54, 1.807) is 0 Å². The van der Waals surface area contributed by atoms with Gasteiger partial charge >= 0.3 is 0 Å². The third kappa shape index (κ3) is 2.94. The number of hydrogen-bond donors (Lipinski definition) is 1. The van der Waals surface area contributed by atoms with E-state index in [0.717, 1.165) is 24.8 Å². The Kier molecular flexibility index (Phi) is 3.79. The molecule has 0 spiro atoms. The van der Waals surface area contributed by atoms with E-state index in [9.17, 15) is 0 Å². The van der Waals surface area contributed by atoms with Crippen LogP contribution < -0.4 is 10.5 Å². The monoisotopic (exact) mass is 259 g/mol. The number of hydrogen-bond acceptors (Lipinski definition) is 2. The number of rotatable bonds is 5. The van der Waals surface area contributed by atoms with Gasteiger partial charge in [0.15, 0.2) is 0 Å². The van der Waals surface area contributed by atoms with Crippen LogP contribution in [-0.2, 0) is 5.41 Å². The maximum atomic E-state index is 6.08. The fraction of sp³-hybridized carbons (Fsp3) is 0.647. The van der Waals surface area contributed by atoms with Crippen molar-refractivity contribution in [2.75, 3.05) is 13.2 Å². The Labute approximate surface area is 116 Å². The number of nitrogens with two attached hydrogens (primary N) is 1. The average Bonchev–Trinajstić information content (AvgIpc) is 3.31. The third-order valence-electron chi connectivity index (χ3n) is 4.85. The second-order valence-corrected chi connectivity index (χ2v) is 6.32. The smallest absolute Gasteiger partial charge is 0.119 e. The highest BCUT2D eigenvalue weighted by atomic mass is 16.5. The highest BCUT2D eigenvalue weighted by molar-refractivity contribution is 5.33. The molecule has 0 radical (unpaired) electrons. The summed E-state index contributed by atoms with van der Waals surface area (Å²) in [5, 5.41) is 0. The maximum absolute atomic E-state index is 6.08. The predicted octanol–water partition coefficient (Wildman–Crippen LogP) is 3.64. The van der Waals surface area contributed by atoms with Crippen molar-refractivity contribution in [3.8, 4) is 5.75 Å². The molecule has 104 valence electrons. The minimum absolute atomic E-state index is 0.229. The summed E-state index contributed by atoms with van der Waals surface area (Å²) in [6.07, 6.45) is 9.17. The van der Waals surface area contributed by atoms with Crippen LogP contribution in [-0.4, -0.2) is 13.2 Å². The topological polar surface area (TPSA) is 35.2 Å². The summed E-state index contributed by atoms with van der Waals surface area (Å²) in [6.45, 7) is 1.66. The highest BCUT2D eigenvalue weighted by Gasteiger charge is 2.32. The van der Waals surface area contributed by atoms with E-state index in [0.29, 0.717) is 0 Å². The van der Waals surface area contributed by atoms with Gasteiger partial charge in [0.2, 0.25) is 0 Å². The van der Waals surface area contributed by atoms with Gasteiger partial charge in [-0.1, -0.05) is 31.4 Å². The second kappa shape index (κ2) is 5.54. The van der Waals surface area contributed by atoms with Gasteiger partial charge in [0.05, 0.1) is 6.61 Å². The van der Waals surface area contributed by atoms with Gasteiger partial charge < -0.3 is 10.5 Å². The quantitative estimate of drug-likeness (QED) is 0.876. The van der Waals surface area contributed by atoms with Crippen molar-refractivity contribution < 1.29 is 4.74 Å². The van der Waals surface area contributed by atoms with Gasteiger partial charge in [0, 0.05) is 12.0 Å². The summed E-state index contributed by atoms with van der Waals surface area (Å²) >= 11 is 0. The summed E-state index contributed by atoms with van der Waals surface area (Å²) in [5.74, 6) is 1.83. The summed E-state index contributed by atoms with van der Waals surface area (Å²) in [5.41, 5.74) is 7.72. The highest BCUT2D eigenvalue weighted by Crippen LogP contribution is 2.39. The largest absolute Gasteiger partial charge is 0.493 e. The maximum Gasteiger partial charge on any atom is 0.119 e. The summed E-state index contributed by atoms with van der Waals surface area (Å²) in [7, 11) is 0. The van der Waals surface area contributed by atoms with Gasteiger partial charge in [0.25, 0.3) is 0 Å². The molecule has 0 atom stereocenters. The van der Waals surface area contributed by atoms with Crippen LogP contribution in [0, 0.1) is 5.92 Å². The fourth-order valence-corrected chi connectivity index (χ4v) is 3.24. The van der Waals surface area contributed by atoms with Crippen molar-refractivity contribution in [3.63, 3.8) is 0 Å². The van der Waals surface area contributed by atoms with Crippen LogP contribution in [0.3, 0.4) is 0 Å². The molecule has 19 heavy (non-hydrogen) atoms. The Morgan fingerprint density at radius 1 is 1.05 bits per heavy atom. The van der Waals surface area contributed by atoms with E-state index in [4.69, 9.17) is 10.5 Å². The fourth-order valence-electron chi connectivity index (χ4n) is 3.24. The van der Waals surface area contributed by atoms with E-state index in [1.165, 1.54) is 50.5 Å². The van der Waals surface area contributed by atoms with Crippen molar-refractivity contribution in [1.29, 1.82) is 0 Å². The van der Waals surface area contributed by atoms with E-state index in [2.05, 4.69) is 24.3 Å². The van der Waals surface area contributed by atoms with Crippen LogP contribution in [0.4, 0.5) is 0 Å². The molecule has 3 rings (SSSR count). The van der Waals surface area contributed by atoms with Crippen LogP contribution in [0.15, 0.2) is 24.3 Å². The normalized spacial score (nSPS) is 22.2. The first-order chi connectivity index (χ1) is 9.32. The predicted molar refractivity (Wildman–Crippen MR) is 78.5 cm³/mol. The molecule has 2 saturated carbocycles. The molecule has 0 aromatic heterocycles. The van der Waals surface area contributed by atoms with Crippen molar-refractivity contribution in [2.45, 2.75) is 50.4 Å². The first-order valence-corrected chi connectivity index (χ1v) is 7.76. The molecule has 2 heteroatoms. The molecule has 2 N–H and O–H groups in total. The lowest BCUT2D eigenvalue weighted by molar-refractivity contribution is 0.294. The number of ether oxygens (including phenoxy) is 1. The van der Waals surface area contributed by atoms with Crippen LogP contribution >= 0.6 is 0 Å². The van der Waals surface area contributed by atoms with Gasteiger partial charge in [0.1, 0.15) is 5.75 Å². The molecule has 2 nitrogen and oxygen atoms in total. The molecule has 0 aliphatic heterocycles. The minimum atomic E-state index is 0.229. The lowest BCUT2D eigenvalue weighted by Gasteiger charge is -2.36. The van der Waals surface area contributed by atoms with Gasteiger partial charge in [-0.3, -0.25) is 0 Å². The molecule has 2 aliphatic rings. The van der Waals surface area contributed by atoms with E-state index < -0.39 is 0 Å². The Morgan fingerprint density at radius 2 is 1.74 bits per heavy atom. The third-order valence-corrected chi connectivity index (χ3v) is 4.85. The molecule has 0 heterocycles. The minimum Gasteiger partial charge on any atom is -0.493 e. The Bertz CT molecular complexity index is 402. The van der Waals surface area contributed by atoms with Gasteiger partial charge in [-0.15, -0.1) is 0 Å². The van der Waals surface area contributed by atoms with Crippen LogP contribution in [0.1, 0.15) is 50.5 Å². The zero-order valence-electron chi connectivity index (χ0n) is 11.7. The summed E-state index contributed by atoms with van der Waals surface area (Å²) in [6, 6.07) is 8.73. The van der Waals surface area contributed by atoms with Crippen LogP contribution in [0.2, 0.25) is 0 Å². The molecule has 0 unspecified atom stereocenters. The molecule has 0 saturated heterocycles. The summed E-state index contributed by atoms with van der Waals surface area (Å²) in [4.78, 5) is 0. The van der Waals surface area contributed by atoms with Crippen molar-refractivity contribution in [2.24, 2.45) is 11.7 Å². The lowest BCUT2D eigenvalue weighted by atomic mass is 9.69.